The van der Waals surface area contributed by atoms with Crippen LogP contribution in [0.3, 0.4) is 0 Å². The minimum Gasteiger partial charge on any atom is -0.382 e. The third-order valence-electron chi connectivity index (χ3n) is 2.50. The second-order valence-corrected chi connectivity index (χ2v) is 5.24. The molecule has 0 aliphatic carbocycles. The van der Waals surface area contributed by atoms with Crippen molar-refractivity contribution in [3.8, 4) is 0 Å². The van der Waals surface area contributed by atoms with Crippen LogP contribution in [0.5, 0.6) is 0 Å². The average molecular weight is 202 g/mol. The number of nitrogens with two attached hydrogens (primary N) is 1. The second kappa shape index (κ2) is 6.38. The van der Waals surface area contributed by atoms with E-state index in [-0.39, 0.29) is 6.10 Å². The van der Waals surface area contributed by atoms with E-state index in [0.717, 1.165) is 12.8 Å². The molecule has 0 aliphatic heterocycles. The van der Waals surface area contributed by atoms with E-state index in [1.807, 2.05) is 0 Å². The maximum absolute atomic E-state index is 5.50. The van der Waals surface area contributed by atoms with Crippen molar-refractivity contribution in [2.75, 3.05) is 7.11 Å². The van der Waals surface area contributed by atoms with Gasteiger partial charge in [0.2, 0.25) is 0 Å². The third kappa shape index (κ3) is 7.30. The van der Waals surface area contributed by atoms with Crippen LogP contribution in [-0.4, -0.2) is 19.3 Å². The van der Waals surface area contributed by atoms with Gasteiger partial charge in [0.05, 0.1) is 6.10 Å². The summed E-state index contributed by atoms with van der Waals surface area (Å²) in [4.78, 5) is 0. The first kappa shape index (κ1) is 13.9. The van der Waals surface area contributed by atoms with Crippen molar-refractivity contribution in [1.29, 1.82) is 0 Å². The molecule has 86 valence electrons. The van der Waals surface area contributed by atoms with Crippen LogP contribution in [0.15, 0.2) is 0 Å². The van der Waals surface area contributed by atoms with Gasteiger partial charge in [-0.15, -0.1) is 0 Å². The summed E-state index contributed by atoms with van der Waals surface area (Å²) < 4.78 is 5.22. The van der Waals surface area contributed by atoms with Crippen LogP contribution in [0.1, 0.15) is 47.0 Å². The highest BCUT2D eigenvalue weighted by molar-refractivity contribution is 4.71. The maximum atomic E-state index is 5.50. The Bertz CT molecular complexity index is 143. The lowest BCUT2D eigenvalue weighted by Crippen LogP contribution is -2.38. The molecule has 0 spiro atoms. The first-order valence-corrected chi connectivity index (χ1v) is 5.38. The van der Waals surface area contributed by atoms with Gasteiger partial charge >= 0.3 is 0 Å². The van der Waals surface area contributed by atoms with Gasteiger partial charge < -0.3 is 4.74 Å². The number of ether oxygens (including phenoxy) is 1. The Kier molecular flexibility index (Phi) is 6.33. The molecule has 0 rings (SSSR count). The fourth-order valence-corrected chi connectivity index (χ4v) is 1.37. The van der Waals surface area contributed by atoms with E-state index in [1.54, 1.807) is 7.11 Å². The van der Waals surface area contributed by atoms with Crippen molar-refractivity contribution in [2.24, 2.45) is 11.3 Å². The molecule has 2 atom stereocenters. The van der Waals surface area contributed by atoms with E-state index in [0.29, 0.717) is 11.5 Å². The van der Waals surface area contributed by atoms with Gasteiger partial charge in [-0.1, -0.05) is 20.8 Å². The van der Waals surface area contributed by atoms with Gasteiger partial charge in [0.25, 0.3) is 0 Å². The number of hydrazine groups is 1. The van der Waals surface area contributed by atoms with Crippen LogP contribution in [0.2, 0.25) is 0 Å². The SMILES string of the molecule is COC(C)CC(CCC(C)(C)C)NN. The molecule has 0 aromatic heterocycles. The minimum atomic E-state index is 0.274. The van der Waals surface area contributed by atoms with Crippen molar-refractivity contribution in [1.82, 2.24) is 5.43 Å². The summed E-state index contributed by atoms with van der Waals surface area (Å²) in [5, 5.41) is 0. The molecule has 0 aromatic rings. The quantitative estimate of drug-likeness (QED) is 0.512. The summed E-state index contributed by atoms with van der Waals surface area (Å²) in [5.74, 6) is 5.50. The number of rotatable bonds is 6. The molecule has 0 aromatic carbocycles. The summed E-state index contributed by atoms with van der Waals surface area (Å²) in [6, 6.07) is 0.365. The summed E-state index contributed by atoms with van der Waals surface area (Å²) in [5.41, 5.74) is 3.24. The summed E-state index contributed by atoms with van der Waals surface area (Å²) in [6.07, 6.45) is 3.53. The van der Waals surface area contributed by atoms with Crippen molar-refractivity contribution in [2.45, 2.75) is 59.1 Å². The van der Waals surface area contributed by atoms with Gasteiger partial charge in [0, 0.05) is 13.2 Å². The molecule has 0 saturated carbocycles. The fourth-order valence-electron chi connectivity index (χ4n) is 1.37. The summed E-state index contributed by atoms with van der Waals surface area (Å²) >= 11 is 0. The van der Waals surface area contributed by atoms with E-state index < -0.39 is 0 Å². The largest absolute Gasteiger partial charge is 0.382 e. The van der Waals surface area contributed by atoms with Gasteiger partial charge in [-0.3, -0.25) is 11.3 Å². The van der Waals surface area contributed by atoms with Gasteiger partial charge in [0.15, 0.2) is 0 Å². The monoisotopic (exact) mass is 202 g/mol. The molecule has 3 N–H and O–H groups in total. The van der Waals surface area contributed by atoms with E-state index in [4.69, 9.17) is 10.6 Å². The van der Waals surface area contributed by atoms with Crippen LogP contribution in [0.4, 0.5) is 0 Å². The minimum absolute atomic E-state index is 0.274. The number of hydrogen-bond acceptors (Lipinski definition) is 3. The van der Waals surface area contributed by atoms with Gasteiger partial charge in [0.1, 0.15) is 0 Å². The summed E-state index contributed by atoms with van der Waals surface area (Å²) in [7, 11) is 1.74. The molecule has 0 bridgehead atoms. The molecule has 0 saturated heterocycles. The second-order valence-electron chi connectivity index (χ2n) is 5.24. The highest BCUT2D eigenvalue weighted by Crippen LogP contribution is 2.22. The molecule has 14 heavy (non-hydrogen) atoms. The van der Waals surface area contributed by atoms with Crippen LogP contribution in [0, 0.1) is 5.41 Å². The molecular weight excluding hydrogens is 176 g/mol. The maximum Gasteiger partial charge on any atom is 0.0558 e. The van der Waals surface area contributed by atoms with E-state index in [9.17, 15) is 0 Å². The zero-order chi connectivity index (χ0) is 11.2. The molecular formula is C11H26N2O. The Morgan fingerprint density at radius 3 is 2.29 bits per heavy atom. The first-order chi connectivity index (χ1) is 6.39. The third-order valence-corrected chi connectivity index (χ3v) is 2.50. The lowest BCUT2D eigenvalue weighted by atomic mass is 9.88. The molecule has 2 unspecified atom stereocenters. The van der Waals surface area contributed by atoms with Gasteiger partial charge in [-0.25, -0.2) is 0 Å². The smallest absolute Gasteiger partial charge is 0.0558 e. The predicted octanol–water partition coefficient (Wildman–Crippen LogP) is 2.07. The van der Waals surface area contributed by atoms with Crippen LogP contribution >= 0.6 is 0 Å². The average Bonchev–Trinajstić information content (AvgIpc) is 2.10. The Balaban J connectivity index is 3.80. The van der Waals surface area contributed by atoms with Crippen molar-refractivity contribution >= 4 is 0 Å². The Morgan fingerprint density at radius 1 is 1.36 bits per heavy atom. The van der Waals surface area contributed by atoms with E-state index in [2.05, 4.69) is 33.1 Å². The molecule has 0 heterocycles. The highest BCUT2D eigenvalue weighted by Gasteiger charge is 2.16. The molecule has 0 aliphatic rings. The molecule has 3 nitrogen and oxygen atoms in total. The Hall–Kier alpha value is -0.120. The lowest BCUT2D eigenvalue weighted by Gasteiger charge is -2.24. The van der Waals surface area contributed by atoms with E-state index >= 15 is 0 Å². The molecule has 0 fully saturated rings. The van der Waals surface area contributed by atoms with Crippen LogP contribution in [-0.2, 0) is 4.74 Å². The standard InChI is InChI=1S/C11H26N2O/c1-9(14-5)8-10(13-12)6-7-11(2,3)4/h9-10,13H,6-8,12H2,1-5H3. The predicted molar refractivity (Wildman–Crippen MR) is 60.9 cm³/mol. The molecule has 3 heteroatoms. The molecule has 0 amide bonds. The van der Waals surface area contributed by atoms with Gasteiger partial charge in [-0.2, -0.15) is 0 Å². The van der Waals surface area contributed by atoms with Gasteiger partial charge in [-0.05, 0) is 31.6 Å². The zero-order valence-electron chi connectivity index (χ0n) is 10.3. The van der Waals surface area contributed by atoms with Crippen LogP contribution < -0.4 is 11.3 Å². The summed E-state index contributed by atoms with van der Waals surface area (Å²) in [6.45, 7) is 8.82. The normalized spacial score (nSPS) is 16.7. The van der Waals surface area contributed by atoms with Crippen molar-refractivity contribution in [3.05, 3.63) is 0 Å². The molecule has 0 radical (unpaired) electrons. The van der Waals surface area contributed by atoms with E-state index in [1.165, 1.54) is 6.42 Å². The zero-order valence-corrected chi connectivity index (χ0v) is 10.3. The Morgan fingerprint density at radius 2 is 1.93 bits per heavy atom. The lowest BCUT2D eigenvalue weighted by molar-refractivity contribution is 0.0975. The topological polar surface area (TPSA) is 47.3 Å². The first-order valence-electron chi connectivity index (χ1n) is 5.38. The fraction of sp³-hybridized carbons (Fsp3) is 1.00. The van der Waals surface area contributed by atoms with Crippen molar-refractivity contribution < 1.29 is 4.74 Å². The number of hydrogen-bond donors (Lipinski definition) is 2. The Labute approximate surface area is 88.4 Å². The van der Waals surface area contributed by atoms with Crippen molar-refractivity contribution in [3.63, 3.8) is 0 Å². The number of methoxy groups -OCH3 is 1. The number of nitrogens with one attached hydrogen (secondary N) is 1. The van der Waals surface area contributed by atoms with Crippen LogP contribution in [0.25, 0.3) is 0 Å². The highest BCUT2D eigenvalue weighted by atomic mass is 16.5.